The molecule has 0 aliphatic carbocycles. The Bertz CT molecular complexity index is 731. The lowest BCUT2D eigenvalue weighted by molar-refractivity contribution is -0.118. The first kappa shape index (κ1) is 18.3. The highest BCUT2D eigenvalue weighted by molar-refractivity contribution is 5.95. The van der Waals surface area contributed by atoms with Gasteiger partial charge in [0.1, 0.15) is 0 Å². The zero-order chi connectivity index (χ0) is 18.2. The molecule has 0 atom stereocenters. The maximum Gasteiger partial charge on any atom is 0.254 e. The Morgan fingerprint density at radius 3 is 2.28 bits per heavy atom. The molecule has 0 unspecified atom stereocenters. The topological polar surface area (TPSA) is 81.9 Å². The quantitative estimate of drug-likeness (QED) is 0.797. The van der Waals surface area contributed by atoms with E-state index in [-0.39, 0.29) is 18.9 Å². The van der Waals surface area contributed by atoms with Gasteiger partial charge in [-0.1, -0.05) is 30.3 Å². The predicted octanol–water partition coefficient (Wildman–Crippen LogP) is 2.22. The minimum absolute atomic E-state index is 0.103. The summed E-state index contributed by atoms with van der Waals surface area (Å²) in [5, 5.41) is 0. The predicted molar refractivity (Wildman–Crippen MR) is 94.5 cm³/mol. The van der Waals surface area contributed by atoms with Crippen LogP contribution in [0.2, 0.25) is 0 Å². The lowest BCUT2D eigenvalue weighted by Gasteiger charge is -2.23. The van der Waals surface area contributed by atoms with Crippen LogP contribution in [0.15, 0.2) is 48.5 Å². The summed E-state index contributed by atoms with van der Waals surface area (Å²) >= 11 is 0. The van der Waals surface area contributed by atoms with Crippen LogP contribution in [0.1, 0.15) is 22.3 Å². The fourth-order valence-corrected chi connectivity index (χ4v) is 2.45. The Kier molecular flexibility index (Phi) is 6.39. The number of carbonyl (C=O) groups excluding carboxylic acids is 2. The van der Waals surface area contributed by atoms with Crippen LogP contribution in [0.25, 0.3) is 0 Å². The first-order valence-electron chi connectivity index (χ1n) is 7.88. The zero-order valence-corrected chi connectivity index (χ0v) is 14.4. The number of carbonyl (C=O) groups is 2. The maximum absolute atomic E-state index is 12.9. The third-order valence-corrected chi connectivity index (χ3v) is 3.76. The third kappa shape index (κ3) is 4.97. The summed E-state index contributed by atoms with van der Waals surface area (Å²) in [7, 11) is 3.05. The second-order valence-electron chi connectivity index (χ2n) is 5.50. The highest BCUT2D eigenvalue weighted by atomic mass is 16.5. The number of methoxy groups -OCH3 is 2. The molecule has 2 aromatic carbocycles. The van der Waals surface area contributed by atoms with Gasteiger partial charge in [0.15, 0.2) is 11.5 Å². The Hall–Kier alpha value is -3.02. The molecule has 0 saturated heterocycles. The highest BCUT2D eigenvalue weighted by Crippen LogP contribution is 2.28. The fraction of sp³-hybridized carbons (Fsp3) is 0.263. The number of nitrogens with zero attached hydrogens (tertiary/aromatic N) is 1. The molecule has 0 radical (unpaired) electrons. The molecule has 2 N–H and O–H groups in total. The summed E-state index contributed by atoms with van der Waals surface area (Å²) in [5.41, 5.74) is 6.67. The average Bonchev–Trinajstić information content (AvgIpc) is 2.64. The first-order valence-corrected chi connectivity index (χ1v) is 7.88. The van der Waals surface area contributed by atoms with E-state index in [1.165, 1.54) is 14.2 Å². The van der Waals surface area contributed by atoms with Crippen molar-refractivity contribution in [3.8, 4) is 11.5 Å². The summed E-state index contributed by atoms with van der Waals surface area (Å²) < 4.78 is 10.4. The first-order chi connectivity index (χ1) is 12.0. The molecule has 2 rings (SSSR count). The molecule has 0 aliphatic rings. The van der Waals surface area contributed by atoms with E-state index < -0.39 is 5.91 Å². The van der Waals surface area contributed by atoms with Crippen LogP contribution in [0, 0.1) is 0 Å². The Balaban J connectivity index is 2.25. The molecule has 6 nitrogen and oxygen atoms in total. The molecule has 25 heavy (non-hydrogen) atoms. The largest absolute Gasteiger partial charge is 0.493 e. The Labute approximate surface area is 147 Å². The molecule has 2 amide bonds. The minimum Gasteiger partial charge on any atom is -0.493 e. The van der Waals surface area contributed by atoms with Gasteiger partial charge in [-0.05, 0) is 23.8 Å². The van der Waals surface area contributed by atoms with E-state index in [1.54, 1.807) is 23.1 Å². The van der Waals surface area contributed by atoms with Crippen LogP contribution in [-0.2, 0) is 11.3 Å². The number of hydrogen-bond acceptors (Lipinski definition) is 4. The van der Waals surface area contributed by atoms with E-state index in [1.807, 2.05) is 30.3 Å². The van der Waals surface area contributed by atoms with Crippen LogP contribution in [0.3, 0.4) is 0 Å². The van der Waals surface area contributed by atoms with Gasteiger partial charge in [0.25, 0.3) is 5.91 Å². The van der Waals surface area contributed by atoms with Crippen molar-refractivity contribution in [3.63, 3.8) is 0 Å². The minimum atomic E-state index is -0.446. The van der Waals surface area contributed by atoms with E-state index >= 15 is 0 Å². The van der Waals surface area contributed by atoms with Crippen LogP contribution >= 0.6 is 0 Å². The molecule has 2 aromatic rings. The number of rotatable bonds is 8. The SMILES string of the molecule is COc1ccc(C(=O)N(CCC(N)=O)Cc2ccccc2)cc1OC. The van der Waals surface area contributed by atoms with Gasteiger partial charge < -0.3 is 20.1 Å². The van der Waals surface area contributed by atoms with Gasteiger partial charge in [0, 0.05) is 25.1 Å². The lowest BCUT2D eigenvalue weighted by atomic mass is 10.1. The van der Waals surface area contributed by atoms with E-state index in [0.29, 0.717) is 23.6 Å². The van der Waals surface area contributed by atoms with Crippen molar-refractivity contribution in [3.05, 3.63) is 59.7 Å². The number of benzene rings is 2. The normalized spacial score (nSPS) is 10.2. The Morgan fingerprint density at radius 1 is 1.00 bits per heavy atom. The molecule has 0 saturated carbocycles. The highest BCUT2D eigenvalue weighted by Gasteiger charge is 2.18. The summed E-state index contributed by atoms with van der Waals surface area (Å²) in [4.78, 5) is 25.7. The van der Waals surface area contributed by atoms with Gasteiger partial charge in [-0.15, -0.1) is 0 Å². The van der Waals surface area contributed by atoms with Gasteiger partial charge >= 0.3 is 0 Å². The van der Waals surface area contributed by atoms with Crippen molar-refractivity contribution >= 4 is 11.8 Å². The standard InChI is InChI=1S/C19H22N2O4/c1-24-16-9-8-15(12-17(16)25-2)19(23)21(11-10-18(20)22)13-14-6-4-3-5-7-14/h3-9,12H,10-11,13H2,1-2H3,(H2,20,22). The van der Waals surface area contributed by atoms with E-state index in [4.69, 9.17) is 15.2 Å². The number of amides is 2. The molecule has 0 aromatic heterocycles. The number of hydrogen-bond donors (Lipinski definition) is 1. The van der Waals surface area contributed by atoms with Gasteiger partial charge in [0.05, 0.1) is 14.2 Å². The molecular weight excluding hydrogens is 320 g/mol. The maximum atomic E-state index is 12.9. The lowest BCUT2D eigenvalue weighted by Crippen LogP contribution is -2.33. The summed E-state index contributed by atoms with van der Waals surface area (Å²) in [6.07, 6.45) is 0.103. The second kappa shape index (κ2) is 8.73. The smallest absolute Gasteiger partial charge is 0.254 e. The van der Waals surface area contributed by atoms with Gasteiger partial charge in [0.2, 0.25) is 5.91 Å². The van der Waals surface area contributed by atoms with E-state index in [9.17, 15) is 9.59 Å². The van der Waals surface area contributed by atoms with Crippen molar-refractivity contribution < 1.29 is 19.1 Å². The van der Waals surface area contributed by atoms with Crippen LogP contribution in [-0.4, -0.2) is 37.5 Å². The van der Waals surface area contributed by atoms with Crippen molar-refractivity contribution in [2.45, 2.75) is 13.0 Å². The van der Waals surface area contributed by atoms with Gasteiger partial charge in [-0.25, -0.2) is 0 Å². The van der Waals surface area contributed by atoms with Crippen molar-refractivity contribution in [2.24, 2.45) is 5.73 Å². The summed E-state index contributed by atoms with van der Waals surface area (Å²) in [6.45, 7) is 0.638. The zero-order valence-electron chi connectivity index (χ0n) is 14.4. The monoisotopic (exact) mass is 342 g/mol. The summed E-state index contributed by atoms with van der Waals surface area (Å²) in [6, 6.07) is 14.6. The van der Waals surface area contributed by atoms with Crippen LogP contribution in [0.4, 0.5) is 0 Å². The van der Waals surface area contributed by atoms with Gasteiger partial charge in [-0.2, -0.15) is 0 Å². The van der Waals surface area contributed by atoms with Gasteiger partial charge in [-0.3, -0.25) is 9.59 Å². The molecule has 6 heteroatoms. The van der Waals surface area contributed by atoms with Crippen LogP contribution in [0.5, 0.6) is 11.5 Å². The fourth-order valence-electron chi connectivity index (χ4n) is 2.45. The Morgan fingerprint density at radius 2 is 1.68 bits per heavy atom. The van der Waals surface area contributed by atoms with E-state index in [2.05, 4.69) is 0 Å². The van der Waals surface area contributed by atoms with Crippen molar-refractivity contribution in [1.82, 2.24) is 4.90 Å². The summed E-state index contributed by atoms with van der Waals surface area (Å²) in [5.74, 6) is 0.373. The molecular formula is C19H22N2O4. The van der Waals surface area contributed by atoms with Crippen molar-refractivity contribution in [1.29, 1.82) is 0 Å². The molecule has 0 aliphatic heterocycles. The van der Waals surface area contributed by atoms with Crippen LogP contribution < -0.4 is 15.2 Å². The molecule has 0 spiro atoms. The second-order valence-corrected chi connectivity index (χ2v) is 5.50. The molecule has 132 valence electrons. The number of primary amides is 1. The molecule has 0 fully saturated rings. The third-order valence-electron chi connectivity index (χ3n) is 3.76. The molecule has 0 bridgehead atoms. The molecule has 0 heterocycles. The average molecular weight is 342 g/mol. The van der Waals surface area contributed by atoms with E-state index in [0.717, 1.165) is 5.56 Å². The van der Waals surface area contributed by atoms with Crippen molar-refractivity contribution in [2.75, 3.05) is 20.8 Å². The number of nitrogens with two attached hydrogens (primary N) is 1. The number of ether oxygens (including phenoxy) is 2.